The SMILES string of the molecule is CCC(C)N(C)CCn1c(N)nc2cc(Br)c(F)cc21. The van der Waals surface area contributed by atoms with Gasteiger partial charge in [-0.15, -0.1) is 0 Å². The quantitative estimate of drug-likeness (QED) is 0.907. The summed E-state index contributed by atoms with van der Waals surface area (Å²) in [6, 6.07) is 3.65. The summed E-state index contributed by atoms with van der Waals surface area (Å²) in [4.78, 5) is 6.55. The van der Waals surface area contributed by atoms with Crippen LogP contribution in [0.2, 0.25) is 0 Å². The second-order valence-electron chi connectivity index (χ2n) is 5.11. The highest BCUT2D eigenvalue weighted by molar-refractivity contribution is 9.10. The first-order valence-electron chi connectivity index (χ1n) is 6.75. The number of fused-ring (bicyclic) bond motifs is 1. The van der Waals surface area contributed by atoms with E-state index in [2.05, 4.69) is 46.7 Å². The Balaban J connectivity index is 2.26. The molecule has 1 aromatic carbocycles. The summed E-state index contributed by atoms with van der Waals surface area (Å²) in [5.74, 6) is 0.129. The fourth-order valence-electron chi connectivity index (χ4n) is 2.16. The van der Waals surface area contributed by atoms with Gasteiger partial charge in [0.25, 0.3) is 0 Å². The number of nitrogens with zero attached hydrogens (tertiary/aromatic N) is 3. The van der Waals surface area contributed by atoms with Gasteiger partial charge < -0.3 is 15.2 Å². The summed E-state index contributed by atoms with van der Waals surface area (Å²) in [6.45, 7) is 5.90. The Morgan fingerprint density at radius 2 is 2.20 bits per heavy atom. The highest BCUT2D eigenvalue weighted by atomic mass is 79.9. The normalized spacial score (nSPS) is 13.3. The lowest BCUT2D eigenvalue weighted by atomic mass is 10.2. The van der Waals surface area contributed by atoms with Gasteiger partial charge in [0, 0.05) is 25.2 Å². The molecule has 1 atom stereocenters. The van der Waals surface area contributed by atoms with E-state index in [9.17, 15) is 4.39 Å². The summed E-state index contributed by atoms with van der Waals surface area (Å²) < 4.78 is 16.0. The van der Waals surface area contributed by atoms with Crippen molar-refractivity contribution in [3.8, 4) is 0 Å². The third kappa shape index (κ3) is 2.96. The molecule has 2 rings (SSSR count). The number of likely N-dealkylation sites (N-methyl/N-ethyl adjacent to an activating group) is 1. The molecule has 20 heavy (non-hydrogen) atoms. The number of nitrogen functional groups attached to an aromatic ring is 1. The van der Waals surface area contributed by atoms with Gasteiger partial charge in [0.05, 0.1) is 15.5 Å². The van der Waals surface area contributed by atoms with Crippen molar-refractivity contribution in [3.63, 3.8) is 0 Å². The van der Waals surface area contributed by atoms with Crippen molar-refractivity contribution in [1.82, 2.24) is 14.5 Å². The first kappa shape index (κ1) is 15.3. The first-order chi connectivity index (χ1) is 9.43. The van der Waals surface area contributed by atoms with Crippen molar-refractivity contribution in [2.45, 2.75) is 32.9 Å². The highest BCUT2D eigenvalue weighted by Crippen LogP contribution is 2.25. The van der Waals surface area contributed by atoms with Crippen LogP contribution >= 0.6 is 15.9 Å². The van der Waals surface area contributed by atoms with Crippen LogP contribution in [-0.2, 0) is 6.54 Å². The molecule has 1 aromatic heterocycles. The number of hydrogen-bond acceptors (Lipinski definition) is 3. The molecule has 0 saturated heterocycles. The molecule has 0 spiro atoms. The lowest BCUT2D eigenvalue weighted by Gasteiger charge is -2.23. The summed E-state index contributed by atoms with van der Waals surface area (Å²) in [5, 5.41) is 0. The Labute approximate surface area is 126 Å². The molecule has 1 heterocycles. The van der Waals surface area contributed by atoms with E-state index in [1.165, 1.54) is 6.07 Å². The largest absolute Gasteiger partial charge is 0.369 e. The number of aromatic nitrogens is 2. The van der Waals surface area contributed by atoms with Crippen LogP contribution in [0.3, 0.4) is 0 Å². The minimum atomic E-state index is -0.297. The third-order valence-electron chi connectivity index (χ3n) is 3.84. The van der Waals surface area contributed by atoms with Crippen molar-refractivity contribution in [1.29, 1.82) is 0 Å². The van der Waals surface area contributed by atoms with E-state index in [1.807, 2.05) is 4.57 Å². The number of hydrogen-bond donors (Lipinski definition) is 1. The minimum Gasteiger partial charge on any atom is -0.369 e. The molecule has 4 nitrogen and oxygen atoms in total. The molecule has 6 heteroatoms. The maximum atomic E-state index is 13.7. The molecular formula is C14H20BrFN4. The second-order valence-corrected chi connectivity index (χ2v) is 5.97. The van der Waals surface area contributed by atoms with Crippen LogP contribution in [0.5, 0.6) is 0 Å². The fraction of sp³-hybridized carbons (Fsp3) is 0.500. The Morgan fingerprint density at radius 1 is 1.50 bits per heavy atom. The lowest BCUT2D eigenvalue weighted by molar-refractivity contribution is 0.244. The number of rotatable bonds is 5. The van der Waals surface area contributed by atoms with E-state index < -0.39 is 0 Å². The molecule has 0 saturated carbocycles. The molecule has 0 aliphatic rings. The van der Waals surface area contributed by atoms with Gasteiger partial charge in [-0.05, 0) is 42.4 Å². The maximum Gasteiger partial charge on any atom is 0.201 e. The van der Waals surface area contributed by atoms with E-state index >= 15 is 0 Å². The van der Waals surface area contributed by atoms with E-state index in [4.69, 9.17) is 5.73 Å². The van der Waals surface area contributed by atoms with Gasteiger partial charge in [-0.3, -0.25) is 0 Å². The number of benzene rings is 1. The van der Waals surface area contributed by atoms with E-state index in [0.29, 0.717) is 28.5 Å². The van der Waals surface area contributed by atoms with Crippen molar-refractivity contribution in [2.24, 2.45) is 0 Å². The van der Waals surface area contributed by atoms with Crippen LogP contribution in [0.15, 0.2) is 16.6 Å². The smallest absolute Gasteiger partial charge is 0.201 e. The number of anilines is 1. The molecule has 110 valence electrons. The molecule has 2 N–H and O–H groups in total. The maximum absolute atomic E-state index is 13.7. The van der Waals surface area contributed by atoms with E-state index in [1.54, 1.807) is 6.07 Å². The van der Waals surface area contributed by atoms with Gasteiger partial charge in [0.1, 0.15) is 5.82 Å². The van der Waals surface area contributed by atoms with Crippen LogP contribution in [0.4, 0.5) is 10.3 Å². The third-order valence-corrected chi connectivity index (χ3v) is 4.45. The van der Waals surface area contributed by atoms with Crippen molar-refractivity contribution >= 4 is 32.9 Å². The van der Waals surface area contributed by atoms with Gasteiger partial charge in [-0.1, -0.05) is 6.92 Å². The average Bonchev–Trinajstić information content (AvgIpc) is 2.71. The van der Waals surface area contributed by atoms with Crippen LogP contribution in [0.1, 0.15) is 20.3 Å². The summed E-state index contributed by atoms with van der Waals surface area (Å²) in [5.41, 5.74) is 7.39. The van der Waals surface area contributed by atoms with Crippen molar-refractivity contribution < 1.29 is 4.39 Å². The zero-order valence-electron chi connectivity index (χ0n) is 12.0. The Bertz CT molecular complexity index is 611. The molecule has 1 unspecified atom stereocenters. The molecule has 0 fully saturated rings. The summed E-state index contributed by atoms with van der Waals surface area (Å²) in [7, 11) is 2.08. The Morgan fingerprint density at radius 3 is 2.85 bits per heavy atom. The molecule has 0 aliphatic heterocycles. The van der Waals surface area contributed by atoms with Crippen LogP contribution in [-0.4, -0.2) is 34.1 Å². The van der Waals surface area contributed by atoms with Crippen LogP contribution < -0.4 is 5.73 Å². The Hall–Kier alpha value is -1.14. The molecule has 0 radical (unpaired) electrons. The van der Waals surface area contributed by atoms with Gasteiger partial charge in [0.2, 0.25) is 5.95 Å². The van der Waals surface area contributed by atoms with E-state index in [-0.39, 0.29) is 5.82 Å². The van der Waals surface area contributed by atoms with Gasteiger partial charge in [0.15, 0.2) is 0 Å². The molecular weight excluding hydrogens is 323 g/mol. The summed E-state index contributed by atoms with van der Waals surface area (Å²) in [6.07, 6.45) is 1.10. The van der Waals surface area contributed by atoms with Gasteiger partial charge in [-0.25, -0.2) is 9.37 Å². The molecule has 0 amide bonds. The molecule has 0 bridgehead atoms. The Kier molecular flexibility index (Phi) is 4.65. The topological polar surface area (TPSA) is 47.1 Å². The fourth-order valence-corrected chi connectivity index (χ4v) is 2.49. The van der Waals surface area contributed by atoms with Crippen molar-refractivity contribution in [3.05, 3.63) is 22.4 Å². The van der Waals surface area contributed by atoms with Crippen molar-refractivity contribution in [2.75, 3.05) is 19.3 Å². The number of imidazole rings is 1. The first-order valence-corrected chi connectivity index (χ1v) is 7.54. The van der Waals surface area contributed by atoms with E-state index in [0.717, 1.165) is 18.5 Å². The minimum absolute atomic E-state index is 0.297. The number of nitrogens with two attached hydrogens (primary N) is 1. The number of halogens is 2. The zero-order chi connectivity index (χ0) is 14.9. The average molecular weight is 343 g/mol. The molecule has 0 aliphatic carbocycles. The summed E-state index contributed by atoms with van der Waals surface area (Å²) >= 11 is 3.17. The van der Waals surface area contributed by atoms with Gasteiger partial charge in [-0.2, -0.15) is 0 Å². The predicted molar refractivity (Wildman–Crippen MR) is 84.2 cm³/mol. The van der Waals surface area contributed by atoms with Crippen LogP contribution in [0, 0.1) is 5.82 Å². The standard InChI is InChI=1S/C14H20BrFN4/c1-4-9(2)19(3)5-6-20-13-8-11(16)10(15)7-12(13)18-14(20)17/h7-9H,4-6H2,1-3H3,(H2,17,18). The second kappa shape index (κ2) is 6.10. The van der Waals surface area contributed by atoms with Crippen LogP contribution in [0.25, 0.3) is 11.0 Å². The monoisotopic (exact) mass is 342 g/mol. The zero-order valence-corrected chi connectivity index (χ0v) is 13.6. The molecule has 2 aromatic rings. The van der Waals surface area contributed by atoms with Gasteiger partial charge >= 0.3 is 0 Å². The lowest BCUT2D eigenvalue weighted by Crippen LogP contribution is -2.31. The predicted octanol–water partition coefficient (Wildman–Crippen LogP) is 3.25. The highest BCUT2D eigenvalue weighted by Gasteiger charge is 2.13.